The molecule has 78 valence electrons. The standard InChI is InChI=1S/C12H20N2/c1-4-12(13)10-6-8-11(9-7-10)14(3)5-2/h6-9,12H,4-5,13H2,1-3H3. The van der Waals surface area contributed by atoms with Gasteiger partial charge in [-0.1, -0.05) is 19.1 Å². The molecule has 2 N–H and O–H groups in total. The van der Waals surface area contributed by atoms with E-state index in [4.69, 9.17) is 5.73 Å². The molecule has 0 fully saturated rings. The van der Waals surface area contributed by atoms with Crippen LogP contribution in [0.15, 0.2) is 24.3 Å². The third-order valence-corrected chi connectivity index (χ3v) is 2.68. The summed E-state index contributed by atoms with van der Waals surface area (Å²) in [5.74, 6) is 0. The molecule has 1 aromatic rings. The van der Waals surface area contributed by atoms with Gasteiger partial charge in [-0.05, 0) is 31.0 Å². The first kappa shape index (κ1) is 11.1. The summed E-state index contributed by atoms with van der Waals surface area (Å²) in [6.07, 6.45) is 0.989. The summed E-state index contributed by atoms with van der Waals surface area (Å²) in [6, 6.07) is 8.68. The van der Waals surface area contributed by atoms with Crippen LogP contribution in [0.5, 0.6) is 0 Å². The molecule has 2 nitrogen and oxygen atoms in total. The molecule has 0 spiro atoms. The van der Waals surface area contributed by atoms with Gasteiger partial charge in [-0.2, -0.15) is 0 Å². The minimum atomic E-state index is 0.177. The summed E-state index contributed by atoms with van der Waals surface area (Å²) in [7, 11) is 2.09. The Morgan fingerprint density at radius 3 is 2.21 bits per heavy atom. The Balaban J connectivity index is 2.78. The summed E-state index contributed by atoms with van der Waals surface area (Å²) in [6.45, 7) is 5.28. The van der Waals surface area contributed by atoms with Gasteiger partial charge in [-0.25, -0.2) is 0 Å². The Kier molecular flexibility index (Phi) is 3.96. The maximum Gasteiger partial charge on any atom is 0.0363 e. The van der Waals surface area contributed by atoms with Crippen molar-refractivity contribution in [2.24, 2.45) is 5.73 Å². The number of nitrogens with zero attached hydrogens (tertiary/aromatic N) is 1. The Bertz CT molecular complexity index is 237. The van der Waals surface area contributed by atoms with Crippen LogP contribution in [0.3, 0.4) is 0 Å². The van der Waals surface area contributed by atoms with Gasteiger partial charge in [0.2, 0.25) is 0 Å². The van der Waals surface area contributed by atoms with Gasteiger partial charge in [0.25, 0.3) is 0 Å². The monoisotopic (exact) mass is 192 g/mol. The van der Waals surface area contributed by atoms with Gasteiger partial charge >= 0.3 is 0 Å². The smallest absolute Gasteiger partial charge is 0.0363 e. The van der Waals surface area contributed by atoms with Crippen LogP contribution < -0.4 is 10.6 Å². The molecule has 0 saturated heterocycles. The van der Waals surface area contributed by atoms with Crippen molar-refractivity contribution >= 4 is 5.69 Å². The predicted molar refractivity (Wildman–Crippen MR) is 62.6 cm³/mol. The lowest BCUT2D eigenvalue weighted by atomic mass is 10.1. The lowest BCUT2D eigenvalue weighted by Gasteiger charge is -2.17. The third-order valence-electron chi connectivity index (χ3n) is 2.68. The highest BCUT2D eigenvalue weighted by Gasteiger charge is 2.03. The van der Waals surface area contributed by atoms with Gasteiger partial charge in [0.15, 0.2) is 0 Å². The average molecular weight is 192 g/mol. The van der Waals surface area contributed by atoms with E-state index in [2.05, 4.69) is 50.1 Å². The van der Waals surface area contributed by atoms with Crippen LogP contribution in [0, 0.1) is 0 Å². The minimum Gasteiger partial charge on any atom is -0.375 e. The number of benzene rings is 1. The van der Waals surface area contributed by atoms with Crippen molar-refractivity contribution in [3.63, 3.8) is 0 Å². The van der Waals surface area contributed by atoms with Crippen molar-refractivity contribution in [1.82, 2.24) is 0 Å². The van der Waals surface area contributed by atoms with Gasteiger partial charge in [-0.3, -0.25) is 0 Å². The average Bonchev–Trinajstić information content (AvgIpc) is 2.27. The van der Waals surface area contributed by atoms with E-state index < -0.39 is 0 Å². The second kappa shape index (κ2) is 5.01. The minimum absolute atomic E-state index is 0.177. The van der Waals surface area contributed by atoms with E-state index in [-0.39, 0.29) is 6.04 Å². The van der Waals surface area contributed by atoms with Crippen LogP contribution in [0.2, 0.25) is 0 Å². The van der Waals surface area contributed by atoms with E-state index in [1.165, 1.54) is 11.3 Å². The summed E-state index contributed by atoms with van der Waals surface area (Å²) < 4.78 is 0. The van der Waals surface area contributed by atoms with Crippen LogP contribution in [0.25, 0.3) is 0 Å². The molecule has 0 aliphatic rings. The third kappa shape index (κ3) is 2.48. The van der Waals surface area contributed by atoms with Crippen molar-refractivity contribution < 1.29 is 0 Å². The molecular weight excluding hydrogens is 172 g/mol. The maximum atomic E-state index is 5.94. The fraction of sp³-hybridized carbons (Fsp3) is 0.500. The highest BCUT2D eigenvalue weighted by molar-refractivity contribution is 5.47. The molecule has 14 heavy (non-hydrogen) atoms. The highest BCUT2D eigenvalue weighted by Crippen LogP contribution is 2.18. The van der Waals surface area contributed by atoms with E-state index in [0.29, 0.717) is 0 Å². The predicted octanol–water partition coefficient (Wildman–Crippen LogP) is 2.55. The second-order valence-corrected chi connectivity index (χ2v) is 3.62. The Labute approximate surface area is 86.7 Å². The molecule has 0 heterocycles. The van der Waals surface area contributed by atoms with E-state index in [9.17, 15) is 0 Å². The van der Waals surface area contributed by atoms with Crippen molar-refractivity contribution in [3.05, 3.63) is 29.8 Å². The second-order valence-electron chi connectivity index (χ2n) is 3.62. The van der Waals surface area contributed by atoms with E-state index >= 15 is 0 Å². The summed E-state index contributed by atoms with van der Waals surface area (Å²) in [5.41, 5.74) is 8.41. The molecule has 0 radical (unpaired) electrons. The van der Waals surface area contributed by atoms with Crippen LogP contribution in [-0.2, 0) is 0 Å². The molecule has 0 aromatic heterocycles. The Hall–Kier alpha value is -1.02. The molecule has 0 saturated carbocycles. The van der Waals surface area contributed by atoms with Gasteiger partial charge in [0, 0.05) is 25.3 Å². The van der Waals surface area contributed by atoms with E-state index in [0.717, 1.165) is 13.0 Å². The number of hydrogen-bond donors (Lipinski definition) is 1. The molecule has 1 aromatic carbocycles. The molecule has 1 atom stereocenters. The molecule has 0 bridgehead atoms. The zero-order valence-electron chi connectivity index (χ0n) is 9.33. The van der Waals surface area contributed by atoms with E-state index in [1.807, 2.05) is 0 Å². The van der Waals surface area contributed by atoms with Gasteiger partial charge < -0.3 is 10.6 Å². The summed E-state index contributed by atoms with van der Waals surface area (Å²) >= 11 is 0. The van der Waals surface area contributed by atoms with Crippen molar-refractivity contribution in [3.8, 4) is 0 Å². The van der Waals surface area contributed by atoms with Crippen molar-refractivity contribution in [1.29, 1.82) is 0 Å². The Morgan fingerprint density at radius 1 is 1.21 bits per heavy atom. The zero-order valence-corrected chi connectivity index (χ0v) is 9.33. The van der Waals surface area contributed by atoms with Crippen LogP contribution in [0.1, 0.15) is 31.9 Å². The molecule has 1 unspecified atom stereocenters. The summed E-state index contributed by atoms with van der Waals surface area (Å²) in [5, 5.41) is 0. The lowest BCUT2D eigenvalue weighted by Crippen LogP contribution is -2.16. The molecular formula is C12H20N2. The van der Waals surface area contributed by atoms with E-state index in [1.54, 1.807) is 0 Å². The van der Waals surface area contributed by atoms with Crippen LogP contribution in [0.4, 0.5) is 5.69 Å². The lowest BCUT2D eigenvalue weighted by molar-refractivity contribution is 0.698. The zero-order chi connectivity index (χ0) is 10.6. The molecule has 0 aliphatic heterocycles. The first-order chi connectivity index (χ1) is 6.69. The number of rotatable bonds is 4. The Morgan fingerprint density at radius 2 is 1.79 bits per heavy atom. The molecule has 1 rings (SSSR count). The first-order valence-electron chi connectivity index (χ1n) is 5.25. The number of nitrogens with two attached hydrogens (primary N) is 1. The fourth-order valence-electron chi connectivity index (χ4n) is 1.39. The topological polar surface area (TPSA) is 29.3 Å². The quantitative estimate of drug-likeness (QED) is 0.794. The fourth-order valence-corrected chi connectivity index (χ4v) is 1.39. The van der Waals surface area contributed by atoms with Gasteiger partial charge in [0.05, 0.1) is 0 Å². The first-order valence-corrected chi connectivity index (χ1v) is 5.25. The molecule has 0 amide bonds. The largest absolute Gasteiger partial charge is 0.375 e. The van der Waals surface area contributed by atoms with Gasteiger partial charge in [-0.15, -0.1) is 0 Å². The molecule has 2 heteroatoms. The molecule has 0 aliphatic carbocycles. The van der Waals surface area contributed by atoms with Crippen LogP contribution in [-0.4, -0.2) is 13.6 Å². The number of hydrogen-bond acceptors (Lipinski definition) is 2. The SMILES string of the molecule is CCC(N)c1ccc(N(C)CC)cc1. The maximum absolute atomic E-state index is 5.94. The highest BCUT2D eigenvalue weighted by atomic mass is 15.1. The normalized spacial score (nSPS) is 12.6. The van der Waals surface area contributed by atoms with Crippen LogP contribution >= 0.6 is 0 Å². The van der Waals surface area contributed by atoms with Gasteiger partial charge in [0.1, 0.15) is 0 Å². The van der Waals surface area contributed by atoms with Crippen molar-refractivity contribution in [2.75, 3.05) is 18.5 Å². The summed E-state index contributed by atoms with van der Waals surface area (Å²) in [4.78, 5) is 2.21. The number of anilines is 1. The van der Waals surface area contributed by atoms with Crippen molar-refractivity contribution in [2.45, 2.75) is 26.3 Å².